The summed E-state index contributed by atoms with van der Waals surface area (Å²) in [6, 6.07) is 15.9. The number of nitrogens with zero attached hydrogens (tertiary/aromatic N) is 1. The van der Waals surface area contributed by atoms with E-state index in [1.54, 1.807) is 0 Å². The molecule has 0 saturated carbocycles. The summed E-state index contributed by atoms with van der Waals surface area (Å²) in [6.07, 6.45) is 2.35. The molecule has 0 amide bonds. The van der Waals surface area contributed by atoms with Gasteiger partial charge in [-0.15, -0.1) is 0 Å². The minimum Gasteiger partial charge on any atom is -0.367 e. The second-order valence-corrected chi connectivity index (χ2v) is 5.55. The van der Waals surface area contributed by atoms with Crippen molar-refractivity contribution in [2.24, 2.45) is 0 Å². The van der Waals surface area contributed by atoms with Crippen molar-refractivity contribution in [3.63, 3.8) is 0 Å². The van der Waals surface area contributed by atoms with Crippen molar-refractivity contribution in [3.8, 4) is 0 Å². The fraction of sp³-hybridized carbons (Fsp3) is 0.474. The first-order valence-electron chi connectivity index (χ1n) is 8.26. The van der Waals surface area contributed by atoms with Gasteiger partial charge in [-0.25, -0.2) is 0 Å². The van der Waals surface area contributed by atoms with Crippen LogP contribution in [0.5, 0.6) is 0 Å². The van der Waals surface area contributed by atoms with Gasteiger partial charge in [-0.2, -0.15) is 0 Å². The van der Waals surface area contributed by atoms with Gasteiger partial charge in [-0.3, -0.25) is 0 Å². The van der Waals surface area contributed by atoms with Gasteiger partial charge in [0, 0.05) is 30.2 Å². The van der Waals surface area contributed by atoms with Crippen molar-refractivity contribution >= 4 is 16.5 Å². The van der Waals surface area contributed by atoms with Crippen molar-refractivity contribution in [2.45, 2.75) is 39.7 Å². The third-order valence-electron chi connectivity index (χ3n) is 4.14. The molecule has 0 fully saturated rings. The maximum atomic E-state index is 3.58. The first kappa shape index (κ1) is 15.8. The zero-order valence-corrected chi connectivity index (χ0v) is 13.6. The Labute approximate surface area is 129 Å². The maximum Gasteiger partial charge on any atom is 0.0448 e. The maximum absolute atomic E-state index is 3.58. The standard InChI is InChI=1S/C19H28N2/c1-4-14-20-15-17(5-2)21(6-3)19-13-9-11-16-10-7-8-12-18(16)19/h7-13,17,20H,4-6,14-15H2,1-3H3. The monoisotopic (exact) mass is 284 g/mol. The lowest BCUT2D eigenvalue weighted by molar-refractivity contribution is 0.525. The molecule has 2 nitrogen and oxygen atoms in total. The van der Waals surface area contributed by atoms with Crippen LogP contribution < -0.4 is 10.2 Å². The Morgan fingerprint density at radius 3 is 2.48 bits per heavy atom. The number of hydrogen-bond acceptors (Lipinski definition) is 2. The molecular formula is C19H28N2. The molecule has 0 spiro atoms. The first-order chi connectivity index (χ1) is 10.3. The molecule has 1 unspecified atom stereocenters. The van der Waals surface area contributed by atoms with Gasteiger partial charge < -0.3 is 10.2 Å². The van der Waals surface area contributed by atoms with Crippen molar-refractivity contribution < 1.29 is 0 Å². The fourth-order valence-electron chi connectivity index (χ4n) is 3.00. The van der Waals surface area contributed by atoms with Crippen molar-refractivity contribution in [1.29, 1.82) is 0 Å². The van der Waals surface area contributed by atoms with E-state index in [4.69, 9.17) is 0 Å². The molecule has 0 aromatic heterocycles. The molecule has 21 heavy (non-hydrogen) atoms. The Hall–Kier alpha value is -1.54. The minimum absolute atomic E-state index is 0.548. The van der Waals surface area contributed by atoms with Gasteiger partial charge in [0.15, 0.2) is 0 Å². The topological polar surface area (TPSA) is 15.3 Å². The van der Waals surface area contributed by atoms with Gasteiger partial charge in [0.1, 0.15) is 0 Å². The summed E-state index contributed by atoms with van der Waals surface area (Å²) in [5, 5.41) is 6.26. The predicted octanol–water partition coefficient (Wildman–Crippen LogP) is 4.44. The molecule has 0 saturated heterocycles. The second kappa shape index (κ2) is 8.04. The second-order valence-electron chi connectivity index (χ2n) is 5.55. The number of anilines is 1. The van der Waals surface area contributed by atoms with Gasteiger partial charge in [0.05, 0.1) is 0 Å². The number of hydrogen-bond donors (Lipinski definition) is 1. The number of fused-ring (bicyclic) bond motifs is 1. The van der Waals surface area contributed by atoms with Crippen LogP contribution in [0.3, 0.4) is 0 Å². The van der Waals surface area contributed by atoms with Crippen LogP contribution >= 0.6 is 0 Å². The Bertz CT molecular complexity index is 545. The highest BCUT2D eigenvalue weighted by Crippen LogP contribution is 2.28. The molecule has 1 atom stereocenters. The Kier molecular flexibility index (Phi) is 6.06. The smallest absolute Gasteiger partial charge is 0.0448 e. The molecule has 0 aliphatic rings. The summed E-state index contributed by atoms with van der Waals surface area (Å²) in [7, 11) is 0. The van der Waals surface area contributed by atoms with Gasteiger partial charge in [0.25, 0.3) is 0 Å². The van der Waals surface area contributed by atoms with E-state index in [9.17, 15) is 0 Å². The van der Waals surface area contributed by atoms with Crippen LogP contribution in [-0.4, -0.2) is 25.7 Å². The molecule has 0 aliphatic heterocycles. The van der Waals surface area contributed by atoms with E-state index < -0.39 is 0 Å². The van der Waals surface area contributed by atoms with Crippen LogP contribution in [0.2, 0.25) is 0 Å². The normalized spacial score (nSPS) is 12.5. The highest BCUT2D eigenvalue weighted by molar-refractivity contribution is 5.94. The third-order valence-corrected chi connectivity index (χ3v) is 4.14. The molecule has 2 aromatic rings. The molecule has 114 valence electrons. The van der Waals surface area contributed by atoms with Gasteiger partial charge in [-0.1, -0.05) is 50.2 Å². The highest BCUT2D eigenvalue weighted by Gasteiger charge is 2.17. The molecule has 0 aliphatic carbocycles. The predicted molar refractivity (Wildman–Crippen MR) is 94.2 cm³/mol. The molecular weight excluding hydrogens is 256 g/mol. The average molecular weight is 284 g/mol. The molecule has 0 heterocycles. The van der Waals surface area contributed by atoms with Crippen LogP contribution in [0.15, 0.2) is 42.5 Å². The van der Waals surface area contributed by atoms with E-state index in [1.165, 1.54) is 22.9 Å². The largest absolute Gasteiger partial charge is 0.367 e. The number of benzene rings is 2. The van der Waals surface area contributed by atoms with Crippen LogP contribution in [0, 0.1) is 0 Å². The Morgan fingerprint density at radius 1 is 1.00 bits per heavy atom. The number of nitrogens with one attached hydrogen (secondary N) is 1. The molecule has 2 aromatic carbocycles. The van der Waals surface area contributed by atoms with E-state index >= 15 is 0 Å². The zero-order chi connectivity index (χ0) is 15.1. The SMILES string of the molecule is CCCNCC(CC)N(CC)c1cccc2ccccc12. The summed E-state index contributed by atoms with van der Waals surface area (Å²) >= 11 is 0. The lowest BCUT2D eigenvalue weighted by atomic mass is 10.1. The van der Waals surface area contributed by atoms with E-state index in [2.05, 4.69) is 73.5 Å². The summed E-state index contributed by atoms with van der Waals surface area (Å²) in [6.45, 7) is 9.96. The van der Waals surface area contributed by atoms with Gasteiger partial charge >= 0.3 is 0 Å². The Balaban J connectivity index is 2.29. The average Bonchev–Trinajstić information content (AvgIpc) is 2.54. The van der Waals surface area contributed by atoms with E-state index in [0.29, 0.717) is 6.04 Å². The number of likely N-dealkylation sites (N-methyl/N-ethyl adjacent to an activating group) is 1. The van der Waals surface area contributed by atoms with Crippen LogP contribution in [0.4, 0.5) is 5.69 Å². The van der Waals surface area contributed by atoms with Crippen molar-refractivity contribution in [3.05, 3.63) is 42.5 Å². The zero-order valence-electron chi connectivity index (χ0n) is 13.6. The summed E-state index contributed by atoms with van der Waals surface area (Å²) in [4.78, 5) is 2.55. The molecule has 0 bridgehead atoms. The summed E-state index contributed by atoms with van der Waals surface area (Å²) in [5.74, 6) is 0. The Morgan fingerprint density at radius 2 is 1.76 bits per heavy atom. The molecule has 2 heteroatoms. The minimum atomic E-state index is 0.548. The highest BCUT2D eigenvalue weighted by atomic mass is 15.2. The van der Waals surface area contributed by atoms with Crippen LogP contribution in [0.1, 0.15) is 33.6 Å². The van der Waals surface area contributed by atoms with E-state index in [-0.39, 0.29) is 0 Å². The number of rotatable bonds is 8. The lowest BCUT2D eigenvalue weighted by Crippen LogP contribution is -2.42. The molecule has 0 radical (unpaired) electrons. The van der Waals surface area contributed by atoms with Crippen LogP contribution in [0.25, 0.3) is 10.8 Å². The van der Waals surface area contributed by atoms with Gasteiger partial charge in [-0.05, 0) is 37.8 Å². The third kappa shape index (κ3) is 3.76. The molecule has 1 N–H and O–H groups in total. The van der Waals surface area contributed by atoms with Crippen molar-refractivity contribution in [2.75, 3.05) is 24.5 Å². The summed E-state index contributed by atoms with van der Waals surface area (Å²) in [5.41, 5.74) is 1.36. The van der Waals surface area contributed by atoms with E-state index in [0.717, 1.165) is 26.1 Å². The lowest BCUT2D eigenvalue weighted by Gasteiger charge is -2.33. The quantitative estimate of drug-likeness (QED) is 0.721. The van der Waals surface area contributed by atoms with Crippen molar-refractivity contribution in [1.82, 2.24) is 5.32 Å². The van der Waals surface area contributed by atoms with E-state index in [1.807, 2.05) is 0 Å². The van der Waals surface area contributed by atoms with Crippen LogP contribution in [-0.2, 0) is 0 Å². The van der Waals surface area contributed by atoms with Gasteiger partial charge in [0.2, 0.25) is 0 Å². The molecule has 2 rings (SSSR count). The first-order valence-corrected chi connectivity index (χ1v) is 8.26. The fourth-order valence-corrected chi connectivity index (χ4v) is 3.00. The summed E-state index contributed by atoms with van der Waals surface area (Å²) < 4.78 is 0.